The molecule has 0 saturated heterocycles. The van der Waals surface area contributed by atoms with E-state index in [0.717, 1.165) is 44.5 Å². The predicted octanol–water partition coefficient (Wildman–Crippen LogP) is 8.79. The Bertz CT molecular complexity index is 1760. The molecule has 6 rings (SSSR count). The number of nitrogens with one attached hydrogen (secondary N) is 2. The van der Waals surface area contributed by atoms with Crippen molar-refractivity contribution in [2.24, 2.45) is 10.3 Å². The second-order valence-corrected chi connectivity index (χ2v) is 10.5. The van der Waals surface area contributed by atoms with E-state index in [4.69, 9.17) is 5.41 Å². The highest BCUT2D eigenvalue weighted by Crippen LogP contribution is 2.37. The lowest BCUT2D eigenvalue weighted by Crippen LogP contribution is -2.41. The van der Waals surface area contributed by atoms with Gasteiger partial charge in [-0.05, 0) is 56.6 Å². The van der Waals surface area contributed by atoms with Gasteiger partial charge in [0, 0.05) is 5.56 Å². The molecule has 44 heavy (non-hydrogen) atoms. The van der Waals surface area contributed by atoms with Crippen LogP contribution in [0.25, 0.3) is 22.3 Å². The average molecular weight is 573 g/mol. The van der Waals surface area contributed by atoms with Crippen molar-refractivity contribution in [2.75, 3.05) is 0 Å². The van der Waals surface area contributed by atoms with Gasteiger partial charge in [-0.25, -0.2) is 0 Å². The van der Waals surface area contributed by atoms with Gasteiger partial charge in [0.05, 0.1) is 6.61 Å². The first-order chi connectivity index (χ1) is 21.7. The Hall–Kier alpha value is -5.65. The molecule has 0 aliphatic heterocycles. The van der Waals surface area contributed by atoms with Crippen LogP contribution in [0.1, 0.15) is 27.8 Å². The van der Waals surface area contributed by atoms with Crippen LogP contribution in [0.4, 0.5) is 0 Å². The van der Waals surface area contributed by atoms with E-state index in [2.05, 4.69) is 70.4 Å². The van der Waals surface area contributed by atoms with Crippen LogP contribution in [0.3, 0.4) is 0 Å². The summed E-state index contributed by atoms with van der Waals surface area (Å²) in [5.74, 6) is 0.0291. The number of hydrogen-bond donors (Lipinski definition) is 3. The van der Waals surface area contributed by atoms with Crippen LogP contribution in [0.2, 0.25) is 0 Å². The number of amidine groups is 1. The molecule has 5 heteroatoms. The lowest BCUT2D eigenvalue weighted by atomic mass is 9.77. The topological polar surface area (TPSA) is 80.8 Å². The third kappa shape index (κ3) is 5.82. The Balaban J connectivity index is 1.41. The molecule has 214 valence electrons. The maximum atomic E-state index is 9.58. The molecule has 0 heterocycles. The fourth-order valence-electron chi connectivity index (χ4n) is 5.55. The largest absolute Gasteiger partial charge is 0.392 e. The van der Waals surface area contributed by atoms with Gasteiger partial charge in [0.15, 0.2) is 5.84 Å². The monoisotopic (exact) mass is 572 g/mol. The SMILES string of the molecule is N=C(/N=N\NC(c1ccccc1)(c1ccccc1)c1ccccc1)c1ccc(-c2ccccc2)cc1-c1ccc(CO)cc1. The maximum Gasteiger partial charge on any atom is 0.176 e. The number of rotatable bonds is 9. The van der Waals surface area contributed by atoms with Crippen LogP contribution in [0, 0.1) is 5.41 Å². The molecule has 6 aromatic carbocycles. The number of hydrogen-bond acceptors (Lipinski definition) is 3. The quantitative estimate of drug-likeness (QED) is 0.0532. The van der Waals surface area contributed by atoms with Gasteiger partial charge in [-0.15, -0.1) is 5.11 Å². The number of benzene rings is 6. The van der Waals surface area contributed by atoms with Gasteiger partial charge in [0.1, 0.15) is 5.54 Å². The van der Waals surface area contributed by atoms with Crippen LogP contribution < -0.4 is 5.43 Å². The molecule has 0 atom stereocenters. The second-order valence-electron chi connectivity index (χ2n) is 10.5. The summed E-state index contributed by atoms with van der Waals surface area (Å²) >= 11 is 0. The fraction of sp³-hybridized carbons (Fsp3) is 0.0513. The number of aliphatic hydroxyl groups is 1. The Kier molecular flexibility index (Phi) is 8.48. The molecule has 6 aromatic rings. The highest BCUT2D eigenvalue weighted by molar-refractivity contribution is 6.03. The van der Waals surface area contributed by atoms with E-state index in [0.29, 0.717) is 5.56 Å². The predicted molar refractivity (Wildman–Crippen MR) is 177 cm³/mol. The third-order valence-corrected chi connectivity index (χ3v) is 7.82. The number of nitrogens with zero attached hydrogens (tertiary/aromatic N) is 2. The van der Waals surface area contributed by atoms with Crippen molar-refractivity contribution in [3.8, 4) is 22.3 Å². The molecule has 3 N–H and O–H groups in total. The molecule has 0 bridgehead atoms. The lowest BCUT2D eigenvalue weighted by Gasteiger charge is -2.34. The molecule has 0 unspecified atom stereocenters. The van der Waals surface area contributed by atoms with E-state index in [9.17, 15) is 5.11 Å². The lowest BCUT2D eigenvalue weighted by molar-refractivity contribution is 0.282. The molecule has 0 aliphatic rings. The van der Waals surface area contributed by atoms with Crippen LogP contribution in [0.5, 0.6) is 0 Å². The van der Waals surface area contributed by atoms with E-state index in [1.807, 2.05) is 109 Å². The first-order valence-corrected chi connectivity index (χ1v) is 14.5. The van der Waals surface area contributed by atoms with Crippen LogP contribution in [-0.4, -0.2) is 10.9 Å². The smallest absolute Gasteiger partial charge is 0.176 e. The van der Waals surface area contributed by atoms with Crippen molar-refractivity contribution in [3.63, 3.8) is 0 Å². The minimum Gasteiger partial charge on any atom is -0.392 e. The zero-order valence-electron chi connectivity index (χ0n) is 24.1. The highest BCUT2D eigenvalue weighted by Gasteiger charge is 2.36. The molecule has 0 spiro atoms. The normalized spacial score (nSPS) is 11.4. The molecule has 0 saturated carbocycles. The van der Waals surface area contributed by atoms with Crippen molar-refractivity contribution in [1.29, 1.82) is 5.41 Å². The summed E-state index contributed by atoms with van der Waals surface area (Å²) in [5, 5.41) is 27.6. The zero-order chi connectivity index (χ0) is 30.2. The molecule has 0 aliphatic carbocycles. The Labute approximate surface area is 257 Å². The minimum absolute atomic E-state index is 0.0289. The van der Waals surface area contributed by atoms with Crippen molar-refractivity contribution >= 4 is 5.84 Å². The molecular formula is C39H32N4O. The van der Waals surface area contributed by atoms with Crippen LogP contribution in [-0.2, 0) is 12.1 Å². The average Bonchev–Trinajstić information content (AvgIpc) is 3.11. The minimum atomic E-state index is -0.840. The summed E-state index contributed by atoms with van der Waals surface area (Å²) in [6, 6.07) is 54.4. The van der Waals surface area contributed by atoms with Gasteiger partial charge in [-0.1, -0.05) is 157 Å². The van der Waals surface area contributed by atoms with Crippen LogP contribution >= 0.6 is 0 Å². The fourth-order valence-corrected chi connectivity index (χ4v) is 5.55. The Morgan fingerprint density at radius 3 is 1.55 bits per heavy atom. The summed E-state index contributed by atoms with van der Waals surface area (Å²) in [7, 11) is 0. The van der Waals surface area contributed by atoms with E-state index in [1.54, 1.807) is 0 Å². The summed E-state index contributed by atoms with van der Waals surface area (Å²) in [6.07, 6.45) is 0. The summed E-state index contributed by atoms with van der Waals surface area (Å²) in [5.41, 5.74) is 10.9. The third-order valence-electron chi connectivity index (χ3n) is 7.82. The molecule has 0 fully saturated rings. The van der Waals surface area contributed by atoms with Crippen molar-refractivity contribution in [1.82, 2.24) is 5.43 Å². The molecule has 5 nitrogen and oxygen atoms in total. The standard InChI is InChI=1S/C39H32N4O/c40-38(36-26-25-32(30-13-5-1-6-14-30)27-37(36)31-23-21-29(28-44)22-24-31)41-43-42-39(33-15-7-2-8-16-33,34-17-9-3-10-18-34)35-19-11-4-12-20-35/h1-27,44H,28H2,(H2,40,41,42). The van der Waals surface area contributed by atoms with Crippen molar-refractivity contribution in [3.05, 3.63) is 192 Å². The van der Waals surface area contributed by atoms with Gasteiger partial charge in [-0.2, -0.15) is 0 Å². The van der Waals surface area contributed by atoms with E-state index < -0.39 is 5.54 Å². The van der Waals surface area contributed by atoms with Gasteiger partial charge >= 0.3 is 0 Å². The molecular weight excluding hydrogens is 540 g/mol. The van der Waals surface area contributed by atoms with Crippen LogP contribution in [0.15, 0.2) is 174 Å². The van der Waals surface area contributed by atoms with E-state index >= 15 is 0 Å². The first-order valence-electron chi connectivity index (χ1n) is 14.5. The van der Waals surface area contributed by atoms with Crippen molar-refractivity contribution in [2.45, 2.75) is 12.1 Å². The molecule has 0 radical (unpaired) electrons. The summed E-state index contributed by atoms with van der Waals surface area (Å²) in [4.78, 5) is 0. The molecule has 0 amide bonds. The Morgan fingerprint density at radius 1 is 0.568 bits per heavy atom. The Morgan fingerprint density at radius 2 is 1.05 bits per heavy atom. The zero-order valence-corrected chi connectivity index (χ0v) is 24.1. The van der Waals surface area contributed by atoms with E-state index in [1.165, 1.54) is 0 Å². The second kappa shape index (κ2) is 13.1. The first kappa shape index (κ1) is 28.5. The number of aliphatic hydroxyl groups excluding tert-OH is 1. The summed E-state index contributed by atoms with van der Waals surface area (Å²) in [6.45, 7) is -0.0289. The van der Waals surface area contributed by atoms with Crippen molar-refractivity contribution < 1.29 is 5.11 Å². The van der Waals surface area contributed by atoms with Gasteiger partial charge < -0.3 is 5.11 Å². The van der Waals surface area contributed by atoms with Gasteiger partial charge in [-0.3, -0.25) is 10.8 Å². The van der Waals surface area contributed by atoms with Gasteiger partial charge in [0.25, 0.3) is 0 Å². The van der Waals surface area contributed by atoms with E-state index in [-0.39, 0.29) is 12.4 Å². The highest BCUT2D eigenvalue weighted by atomic mass is 16.3. The summed E-state index contributed by atoms with van der Waals surface area (Å²) < 4.78 is 0. The van der Waals surface area contributed by atoms with Gasteiger partial charge in [0.2, 0.25) is 0 Å². The maximum absolute atomic E-state index is 9.58. The molecule has 0 aromatic heterocycles.